The quantitative estimate of drug-likeness (QED) is 0.187. The normalized spacial score (nSPS) is 15.0. The number of para-hydroxylation sites is 1. The number of hydrogen-bond donors (Lipinski definition) is 0. The third-order valence-corrected chi connectivity index (χ3v) is 10.4. The zero-order chi connectivity index (χ0) is 34.2. The van der Waals surface area contributed by atoms with Crippen LogP contribution < -0.4 is 4.74 Å². The van der Waals surface area contributed by atoms with Gasteiger partial charge in [0, 0.05) is 50.4 Å². The van der Waals surface area contributed by atoms with Crippen molar-refractivity contribution in [3.63, 3.8) is 0 Å². The Hall–Kier alpha value is -6.85. The van der Waals surface area contributed by atoms with Crippen molar-refractivity contribution < 1.29 is 9.15 Å². The molecule has 5 nitrogen and oxygen atoms in total. The first-order chi connectivity index (χ1) is 25.8. The Balaban J connectivity index is 1.23. The lowest BCUT2D eigenvalue weighted by molar-refractivity contribution is 0.282. The molecule has 0 fully saturated rings. The lowest BCUT2D eigenvalue weighted by Crippen LogP contribution is -2.14. The molecule has 9 aromatic rings. The molecular weight excluding hydrogens is 639 g/mol. The van der Waals surface area contributed by atoms with Crippen molar-refractivity contribution in [3.05, 3.63) is 169 Å². The number of rotatable bonds is 4. The summed E-state index contributed by atoms with van der Waals surface area (Å²) in [4.78, 5) is 15.7. The van der Waals surface area contributed by atoms with Crippen LogP contribution in [0, 0.1) is 0 Å². The molecule has 7 aromatic carbocycles. The molecule has 5 heteroatoms. The maximum atomic E-state index is 6.78. The molecular formula is C47H29N3O2. The van der Waals surface area contributed by atoms with Gasteiger partial charge in [-0.2, -0.15) is 0 Å². The molecule has 244 valence electrons. The van der Waals surface area contributed by atoms with Crippen molar-refractivity contribution in [2.75, 3.05) is 0 Å². The molecule has 0 amide bonds. The first-order valence-electron chi connectivity index (χ1n) is 17.6. The van der Waals surface area contributed by atoms with E-state index in [4.69, 9.17) is 24.1 Å². The van der Waals surface area contributed by atoms with E-state index in [1.54, 1.807) is 0 Å². The Morgan fingerprint density at radius 2 is 1.21 bits per heavy atom. The number of furan rings is 1. The molecule has 1 aliphatic heterocycles. The van der Waals surface area contributed by atoms with E-state index < -0.39 is 0 Å². The Morgan fingerprint density at radius 3 is 2.10 bits per heavy atom. The van der Waals surface area contributed by atoms with Crippen molar-refractivity contribution in [1.82, 2.24) is 15.0 Å². The highest BCUT2D eigenvalue weighted by Gasteiger charge is 2.35. The molecule has 1 atom stereocenters. The summed E-state index contributed by atoms with van der Waals surface area (Å²) in [6, 6.07) is 50.2. The number of allylic oxidation sites excluding steroid dienone is 2. The predicted octanol–water partition coefficient (Wildman–Crippen LogP) is 11.7. The Bertz CT molecular complexity index is 2980. The molecule has 0 saturated heterocycles. The van der Waals surface area contributed by atoms with Gasteiger partial charge in [-0.25, -0.2) is 15.0 Å². The SMILES string of the molecule is C1=CC(c2ccc3oc4ccccc4c3c2-c2nc(-c3ccccc3)nc(-c3ccc4ccccc4c3)n2)=C2c3ccc4ccccc4c3OC2C1. The Kier molecular flexibility index (Phi) is 6.31. The topological polar surface area (TPSA) is 61.0 Å². The third-order valence-electron chi connectivity index (χ3n) is 10.4. The summed E-state index contributed by atoms with van der Waals surface area (Å²) >= 11 is 0. The Morgan fingerprint density at radius 1 is 0.519 bits per heavy atom. The summed E-state index contributed by atoms with van der Waals surface area (Å²) in [5.74, 6) is 2.76. The highest BCUT2D eigenvalue weighted by Crippen LogP contribution is 2.51. The van der Waals surface area contributed by atoms with Crippen LogP contribution in [0.5, 0.6) is 5.75 Å². The van der Waals surface area contributed by atoms with Gasteiger partial charge in [-0.1, -0.05) is 133 Å². The zero-order valence-corrected chi connectivity index (χ0v) is 28.0. The molecule has 2 aromatic heterocycles. The van der Waals surface area contributed by atoms with Gasteiger partial charge in [0.1, 0.15) is 23.0 Å². The van der Waals surface area contributed by atoms with Crippen LogP contribution in [0.15, 0.2) is 162 Å². The van der Waals surface area contributed by atoms with E-state index in [-0.39, 0.29) is 6.10 Å². The average molecular weight is 668 g/mol. The van der Waals surface area contributed by atoms with Crippen molar-refractivity contribution >= 4 is 54.6 Å². The van der Waals surface area contributed by atoms with Crippen LogP contribution in [0.2, 0.25) is 0 Å². The van der Waals surface area contributed by atoms with Gasteiger partial charge in [-0.3, -0.25) is 0 Å². The molecule has 0 radical (unpaired) electrons. The average Bonchev–Trinajstić information content (AvgIpc) is 3.79. The number of hydrogen-bond acceptors (Lipinski definition) is 5. The monoisotopic (exact) mass is 667 g/mol. The molecule has 1 aliphatic carbocycles. The molecule has 0 bridgehead atoms. The van der Waals surface area contributed by atoms with E-state index in [0.717, 1.165) is 78.3 Å². The van der Waals surface area contributed by atoms with E-state index in [1.165, 1.54) is 16.3 Å². The highest BCUT2D eigenvalue weighted by molar-refractivity contribution is 6.17. The molecule has 11 rings (SSSR count). The lowest BCUT2D eigenvalue weighted by Gasteiger charge is -2.21. The van der Waals surface area contributed by atoms with Gasteiger partial charge >= 0.3 is 0 Å². The number of aromatic nitrogens is 3. The summed E-state index contributed by atoms with van der Waals surface area (Å²) in [6.07, 6.45) is 5.17. The van der Waals surface area contributed by atoms with Crippen LogP contribution in [0.1, 0.15) is 17.5 Å². The maximum Gasteiger partial charge on any atom is 0.165 e. The first-order valence-corrected chi connectivity index (χ1v) is 17.6. The zero-order valence-electron chi connectivity index (χ0n) is 28.0. The van der Waals surface area contributed by atoms with Crippen LogP contribution >= 0.6 is 0 Å². The number of fused-ring (bicyclic) bond motifs is 9. The van der Waals surface area contributed by atoms with E-state index in [1.807, 2.05) is 42.5 Å². The lowest BCUT2D eigenvalue weighted by atomic mass is 9.84. The van der Waals surface area contributed by atoms with E-state index in [9.17, 15) is 0 Å². The summed E-state index contributed by atoms with van der Waals surface area (Å²) in [6.45, 7) is 0. The van der Waals surface area contributed by atoms with E-state index in [2.05, 4.69) is 115 Å². The van der Waals surface area contributed by atoms with Gasteiger partial charge in [-0.05, 0) is 51.6 Å². The summed E-state index contributed by atoms with van der Waals surface area (Å²) in [7, 11) is 0. The first kappa shape index (κ1) is 28.9. The van der Waals surface area contributed by atoms with Crippen LogP contribution in [0.4, 0.5) is 0 Å². The maximum absolute atomic E-state index is 6.78. The summed E-state index contributed by atoms with van der Waals surface area (Å²) in [5, 5.41) is 6.58. The van der Waals surface area contributed by atoms with Crippen LogP contribution in [-0.2, 0) is 0 Å². The minimum absolute atomic E-state index is 0.100. The van der Waals surface area contributed by atoms with Crippen molar-refractivity contribution in [1.29, 1.82) is 0 Å². The van der Waals surface area contributed by atoms with E-state index >= 15 is 0 Å². The molecule has 0 saturated carbocycles. The molecule has 0 spiro atoms. The smallest absolute Gasteiger partial charge is 0.165 e. The van der Waals surface area contributed by atoms with Gasteiger partial charge in [0.2, 0.25) is 0 Å². The second kappa shape index (κ2) is 11.3. The van der Waals surface area contributed by atoms with Gasteiger partial charge in [0.15, 0.2) is 17.5 Å². The second-order valence-corrected chi connectivity index (χ2v) is 13.4. The largest absolute Gasteiger partial charge is 0.484 e. The molecule has 2 aliphatic rings. The number of nitrogens with zero attached hydrogens (tertiary/aromatic N) is 3. The summed E-state index contributed by atoms with van der Waals surface area (Å²) in [5.41, 5.74) is 8.79. The number of ether oxygens (including phenoxy) is 1. The minimum Gasteiger partial charge on any atom is -0.484 e. The van der Waals surface area contributed by atoms with Crippen molar-refractivity contribution in [2.45, 2.75) is 12.5 Å². The van der Waals surface area contributed by atoms with Crippen LogP contribution in [-0.4, -0.2) is 21.1 Å². The van der Waals surface area contributed by atoms with Gasteiger partial charge in [-0.15, -0.1) is 0 Å². The third kappa shape index (κ3) is 4.46. The molecule has 0 N–H and O–H groups in total. The fourth-order valence-corrected chi connectivity index (χ4v) is 8.01. The fourth-order valence-electron chi connectivity index (χ4n) is 8.01. The van der Waals surface area contributed by atoms with Gasteiger partial charge in [0.25, 0.3) is 0 Å². The molecule has 52 heavy (non-hydrogen) atoms. The second-order valence-electron chi connectivity index (χ2n) is 13.4. The van der Waals surface area contributed by atoms with Gasteiger partial charge < -0.3 is 9.15 Å². The number of benzene rings is 7. The standard InChI is InChI=1S/C47H29N3O2/c1-2-13-30(14-3-1)45-48-46(32-22-21-28-11-4-5-15-31(28)27-32)50-47(49-45)43-35(25-26-40-42(43)36-17-8-9-19-38(36)51-40)34-18-10-20-39-41(34)37-24-23-29-12-6-7-16-33(29)44(37)52-39/h1-19,21-27,39H,20H2. The summed E-state index contributed by atoms with van der Waals surface area (Å²) < 4.78 is 13.3. The van der Waals surface area contributed by atoms with Crippen LogP contribution in [0.25, 0.3) is 88.8 Å². The van der Waals surface area contributed by atoms with Crippen LogP contribution in [0.3, 0.4) is 0 Å². The molecule has 3 heterocycles. The fraction of sp³-hybridized carbons (Fsp3) is 0.0426. The van der Waals surface area contributed by atoms with E-state index in [0.29, 0.717) is 17.5 Å². The molecule has 1 unspecified atom stereocenters. The predicted molar refractivity (Wildman–Crippen MR) is 210 cm³/mol. The Labute approximate surface area is 299 Å². The minimum atomic E-state index is -0.100. The van der Waals surface area contributed by atoms with Gasteiger partial charge in [0.05, 0.1) is 0 Å². The highest BCUT2D eigenvalue weighted by atomic mass is 16.5. The van der Waals surface area contributed by atoms with Crippen molar-refractivity contribution in [2.24, 2.45) is 0 Å². The van der Waals surface area contributed by atoms with Crippen molar-refractivity contribution in [3.8, 4) is 39.9 Å².